The predicted molar refractivity (Wildman–Crippen MR) is 109 cm³/mol. The Kier molecular flexibility index (Phi) is 5.30. The maximum absolute atomic E-state index is 12.9. The van der Waals surface area contributed by atoms with Crippen LogP contribution in [-0.4, -0.2) is 62.2 Å². The van der Waals surface area contributed by atoms with Crippen molar-refractivity contribution in [1.82, 2.24) is 19.6 Å². The number of carbonyl (C=O) groups excluding carboxylic acids is 2. The minimum Gasteiger partial charge on any atom is -0.504 e. The Bertz CT molecular complexity index is 895. The van der Waals surface area contributed by atoms with E-state index in [1.54, 1.807) is 9.58 Å². The summed E-state index contributed by atoms with van der Waals surface area (Å²) in [6.07, 6.45) is 4.60. The molecule has 1 aromatic heterocycles. The van der Waals surface area contributed by atoms with Gasteiger partial charge in [0.05, 0.1) is 11.9 Å². The summed E-state index contributed by atoms with van der Waals surface area (Å²) < 4.78 is 1.54. The minimum atomic E-state index is -0.258. The van der Waals surface area contributed by atoms with Crippen LogP contribution in [0.1, 0.15) is 61.5 Å². The van der Waals surface area contributed by atoms with E-state index >= 15 is 0 Å². The van der Waals surface area contributed by atoms with Crippen LogP contribution in [0.15, 0.2) is 30.5 Å². The Hall–Kier alpha value is -2.83. The van der Waals surface area contributed by atoms with E-state index in [1.807, 2.05) is 29.2 Å². The third-order valence-electron chi connectivity index (χ3n) is 6.02. The Morgan fingerprint density at radius 1 is 1.14 bits per heavy atom. The number of likely N-dealkylation sites (tertiary alicyclic amines) is 2. The molecule has 2 aromatic rings. The van der Waals surface area contributed by atoms with Gasteiger partial charge in [0.25, 0.3) is 5.91 Å². The van der Waals surface area contributed by atoms with Gasteiger partial charge in [-0.15, -0.1) is 0 Å². The predicted octanol–water partition coefficient (Wildman–Crippen LogP) is 2.93. The van der Waals surface area contributed by atoms with E-state index in [0.717, 1.165) is 31.5 Å². The molecule has 2 fully saturated rings. The Morgan fingerprint density at radius 2 is 1.83 bits per heavy atom. The van der Waals surface area contributed by atoms with Gasteiger partial charge in [0, 0.05) is 32.1 Å². The van der Waals surface area contributed by atoms with Crippen molar-refractivity contribution in [3.63, 3.8) is 0 Å². The molecule has 29 heavy (non-hydrogen) atoms. The molecule has 2 aliphatic heterocycles. The van der Waals surface area contributed by atoms with E-state index < -0.39 is 0 Å². The highest BCUT2D eigenvalue weighted by Gasteiger charge is 2.33. The van der Waals surface area contributed by atoms with Gasteiger partial charge in [0.1, 0.15) is 0 Å². The Morgan fingerprint density at radius 3 is 2.41 bits per heavy atom. The van der Waals surface area contributed by atoms with Gasteiger partial charge in [0.15, 0.2) is 11.4 Å². The smallest absolute Gasteiger partial charge is 0.278 e. The second kappa shape index (κ2) is 7.89. The van der Waals surface area contributed by atoms with Crippen molar-refractivity contribution in [3.05, 3.63) is 41.7 Å². The zero-order valence-corrected chi connectivity index (χ0v) is 17.0. The van der Waals surface area contributed by atoms with Crippen LogP contribution in [-0.2, 0) is 4.79 Å². The van der Waals surface area contributed by atoms with Gasteiger partial charge in [-0.1, -0.05) is 26.0 Å². The van der Waals surface area contributed by atoms with Gasteiger partial charge in [0.2, 0.25) is 5.91 Å². The molecule has 3 heterocycles. The first-order chi connectivity index (χ1) is 13.9. The number of aromatic nitrogens is 2. The number of amides is 2. The second-order valence-corrected chi connectivity index (χ2v) is 8.27. The highest BCUT2D eigenvalue weighted by Crippen LogP contribution is 2.25. The van der Waals surface area contributed by atoms with E-state index in [-0.39, 0.29) is 29.3 Å². The average Bonchev–Trinajstić information content (AvgIpc) is 3.33. The van der Waals surface area contributed by atoms with Crippen molar-refractivity contribution in [1.29, 1.82) is 0 Å². The van der Waals surface area contributed by atoms with Crippen LogP contribution in [0.2, 0.25) is 0 Å². The molecule has 0 unspecified atom stereocenters. The van der Waals surface area contributed by atoms with Gasteiger partial charge in [-0.2, -0.15) is 5.10 Å². The molecule has 7 heteroatoms. The molecule has 0 radical (unpaired) electrons. The second-order valence-electron chi connectivity index (χ2n) is 8.27. The van der Waals surface area contributed by atoms with E-state index in [4.69, 9.17) is 0 Å². The fourth-order valence-corrected chi connectivity index (χ4v) is 4.25. The first-order valence-corrected chi connectivity index (χ1v) is 10.4. The summed E-state index contributed by atoms with van der Waals surface area (Å²) in [7, 11) is 0. The molecule has 1 N–H and O–H groups in total. The van der Waals surface area contributed by atoms with Crippen molar-refractivity contribution < 1.29 is 14.7 Å². The number of hydrogen-bond donors (Lipinski definition) is 1. The summed E-state index contributed by atoms with van der Waals surface area (Å²) in [6, 6.07) is 8.16. The van der Waals surface area contributed by atoms with Gasteiger partial charge < -0.3 is 14.9 Å². The highest BCUT2D eigenvalue weighted by molar-refractivity contribution is 5.95. The maximum atomic E-state index is 12.9. The Labute approximate surface area is 170 Å². The van der Waals surface area contributed by atoms with Crippen molar-refractivity contribution in [2.75, 3.05) is 19.6 Å². The summed E-state index contributed by atoms with van der Waals surface area (Å²) in [6.45, 7) is 6.24. The summed E-state index contributed by atoms with van der Waals surface area (Å²) >= 11 is 0. The lowest BCUT2D eigenvalue weighted by atomic mass is 10.0. The number of piperidine rings is 1. The first kappa shape index (κ1) is 19.5. The van der Waals surface area contributed by atoms with E-state index in [1.165, 1.54) is 11.8 Å². The molecule has 0 saturated carbocycles. The van der Waals surface area contributed by atoms with Gasteiger partial charge in [-0.25, -0.2) is 4.68 Å². The summed E-state index contributed by atoms with van der Waals surface area (Å²) in [5.74, 6) is 0.298. The summed E-state index contributed by atoms with van der Waals surface area (Å²) in [5, 5.41) is 14.7. The van der Waals surface area contributed by atoms with Crippen LogP contribution in [0.5, 0.6) is 5.75 Å². The zero-order valence-electron chi connectivity index (χ0n) is 17.0. The van der Waals surface area contributed by atoms with E-state index in [0.29, 0.717) is 25.4 Å². The molecular weight excluding hydrogens is 368 g/mol. The molecule has 2 saturated heterocycles. The molecule has 7 nitrogen and oxygen atoms in total. The van der Waals surface area contributed by atoms with Crippen LogP contribution in [0.25, 0.3) is 5.69 Å². The molecule has 4 rings (SSSR count). The molecular formula is C22H28N4O3. The quantitative estimate of drug-likeness (QED) is 0.862. The molecule has 2 amide bonds. The lowest BCUT2D eigenvalue weighted by Gasteiger charge is -2.36. The van der Waals surface area contributed by atoms with Crippen LogP contribution in [0.3, 0.4) is 0 Å². The minimum absolute atomic E-state index is 0.0774. The maximum Gasteiger partial charge on any atom is 0.278 e. The van der Waals surface area contributed by atoms with Crippen molar-refractivity contribution in [3.8, 4) is 11.4 Å². The van der Waals surface area contributed by atoms with Crippen LogP contribution >= 0.6 is 0 Å². The van der Waals surface area contributed by atoms with Crippen molar-refractivity contribution >= 4 is 11.8 Å². The SMILES string of the molecule is CC(C)c1ccc(-n2cc(O)c(C(=O)N3CCC(N4CCCC4=O)CC3)n2)cc1. The molecule has 1 aromatic carbocycles. The molecule has 0 bridgehead atoms. The lowest BCUT2D eigenvalue weighted by Crippen LogP contribution is -2.47. The molecule has 0 spiro atoms. The third-order valence-corrected chi connectivity index (χ3v) is 6.02. The molecule has 0 atom stereocenters. The monoisotopic (exact) mass is 396 g/mol. The number of carbonyl (C=O) groups is 2. The van der Waals surface area contributed by atoms with Crippen LogP contribution < -0.4 is 0 Å². The fourth-order valence-electron chi connectivity index (χ4n) is 4.25. The van der Waals surface area contributed by atoms with E-state index in [9.17, 15) is 14.7 Å². The zero-order chi connectivity index (χ0) is 20.5. The number of hydrogen-bond acceptors (Lipinski definition) is 4. The first-order valence-electron chi connectivity index (χ1n) is 10.4. The number of benzene rings is 1. The molecule has 2 aliphatic rings. The third kappa shape index (κ3) is 3.86. The van der Waals surface area contributed by atoms with Gasteiger partial charge >= 0.3 is 0 Å². The standard InChI is InChI=1S/C22H28N4O3/c1-15(2)16-5-7-18(8-6-16)26-14-19(27)21(23-26)22(29)24-12-9-17(10-13-24)25-11-3-4-20(25)28/h5-8,14-15,17,27H,3-4,9-13H2,1-2H3. The molecule has 0 aliphatic carbocycles. The van der Waals surface area contributed by atoms with Crippen molar-refractivity contribution in [2.24, 2.45) is 0 Å². The summed E-state index contributed by atoms with van der Waals surface area (Å²) in [5.41, 5.74) is 2.10. The highest BCUT2D eigenvalue weighted by atomic mass is 16.3. The van der Waals surface area contributed by atoms with Crippen molar-refractivity contribution in [2.45, 2.75) is 51.5 Å². The largest absolute Gasteiger partial charge is 0.504 e. The van der Waals surface area contributed by atoms with Crippen LogP contribution in [0.4, 0.5) is 0 Å². The topological polar surface area (TPSA) is 78.7 Å². The van der Waals surface area contributed by atoms with E-state index in [2.05, 4.69) is 18.9 Å². The normalized spacial score (nSPS) is 18.1. The number of nitrogens with zero attached hydrogens (tertiary/aromatic N) is 4. The van der Waals surface area contributed by atoms with Gasteiger partial charge in [-0.3, -0.25) is 9.59 Å². The lowest BCUT2D eigenvalue weighted by molar-refractivity contribution is -0.130. The fraction of sp³-hybridized carbons (Fsp3) is 0.500. The Balaban J connectivity index is 1.44. The average molecular weight is 396 g/mol. The number of aromatic hydroxyl groups is 1. The number of rotatable bonds is 4. The summed E-state index contributed by atoms with van der Waals surface area (Å²) in [4.78, 5) is 28.6. The van der Waals surface area contributed by atoms with Crippen LogP contribution in [0, 0.1) is 0 Å². The molecule has 154 valence electrons. The van der Waals surface area contributed by atoms with Gasteiger partial charge in [-0.05, 0) is 42.9 Å².